The molecule has 170 valence electrons. The first-order chi connectivity index (χ1) is 15.8. The molecule has 1 N–H and O–H groups in total. The van der Waals surface area contributed by atoms with Gasteiger partial charge in [0, 0.05) is 33.4 Å². The maximum atomic E-state index is 12.8. The molecule has 1 aliphatic heterocycles. The van der Waals surface area contributed by atoms with Gasteiger partial charge < -0.3 is 4.98 Å². The summed E-state index contributed by atoms with van der Waals surface area (Å²) in [5.74, 6) is 0.355. The molecular weight excluding hydrogens is 446 g/mol. The first-order valence-corrected chi connectivity index (χ1v) is 11.7. The second kappa shape index (κ2) is 7.77. The van der Waals surface area contributed by atoms with Crippen LogP contribution in [0.15, 0.2) is 35.5 Å². The van der Waals surface area contributed by atoms with Crippen molar-refractivity contribution in [3.05, 3.63) is 46.8 Å². The number of hydrogen-bond acceptors (Lipinski definition) is 7. The second-order valence-electron chi connectivity index (χ2n) is 8.09. The molecule has 4 aromatic heterocycles. The fourth-order valence-electron chi connectivity index (χ4n) is 4.18. The molecule has 4 aromatic rings. The Morgan fingerprint density at radius 3 is 2.88 bits per heavy atom. The van der Waals surface area contributed by atoms with Crippen LogP contribution in [0.5, 0.6) is 0 Å². The summed E-state index contributed by atoms with van der Waals surface area (Å²) in [5, 5.41) is 13.5. The number of aromatic amines is 1. The number of nitrogens with zero attached hydrogens (tertiary/aromatic N) is 8. The van der Waals surface area contributed by atoms with Gasteiger partial charge in [0.2, 0.25) is 0 Å². The van der Waals surface area contributed by atoms with E-state index in [-0.39, 0.29) is 18.3 Å². The minimum atomic E-state index is -3.59. The number of nitriles is 1. The summed E-state index contributed by atoms with van der Waals surface area (Å²) < 4.78 is 31.0. The minimum absolute atomic E-state index is 0.176. The fourth-order valence-corrected chi connectivity index (χ4v) is 5.36. The van der Waals surface area contributed by atoms with Crippen LogP contribution in [0.1, 0.15) is 24.4 Å². The van der Waals surface area contributed by atoms with Gasteiger partial charge in [-0.1, -0.05) is 0 Å². The van der Waals surface area contributed by atoms with Crippen molar-refractivity contribution in [2.24, 2.45) is 0 Å². The Bertz CT molecular complexity index is 1580. The maximum absolute atomic E-state index is 12.8. The number of hydrogen-bond donors (Lipinski definition) is 1. The molecule has 1 aliphatic rings. The van der Waals surface area contributed by atoms with Crippen LogP contribution in [-0.2, 0) is 10.2 Å². The number of imidazole rings is 1. The molecule has 0 aliphatic carbocycles. The van der Waals surface area contributed by atoms with Crippen molar-refractivity contribution >= 4 is 26.9 Å². The van der Waals surface area contributed by atoms with E-state index >= 15 is 0 Å². The van der Waals surface area contributed by atoms with E-state index < -0.39 is 10.2 Å². The van der Waals surface area contributed by atoms with Gasteiger partial charge in [-0.05, 0) is 25.0 Å². The lowest BCUT2D eigenvalue weighted by Gasteiger charge is -2.33. The molecule has 0 aromatic carbocycles. The molecule has 1 saturated heterocycles. The summed E-state index contributed by atoms with van der Waals surface area (Å²) in [6.45, 7) is 0.576. The Labute approximate surface area is 188 Å². The Kier molecular flexibility index (Phi) is 5.00. The van der Waals surface area contributed by atoms with Crippen LogP contribution in [0, 0.1) is 11.3 Å². The normalized spacial score (nSPS) is 17.7. The van der Waals surface area contributed by atoms with E-state index in [2.05, 4.69) is 26.1 Å². The molecule has 0 saturated carbocycles. The van der Waals surface area contributed by atoms with Gasteiger partial charge in [0.1, 0.15) is 5.52 Å². The molecule has 0 spiro atoms. The molecule has 12 nitrogen and oxygen atoms in total. The Morgan fingerprint density at radius 1 is 1.30 bits per heavy atom. The number of pyridine rings is 1. The van der Waals surface area contributed by atoms with E-state index in [4.69, 9.17) is 0 Å². The fraction of sp³-hybridized carbons (Fsp3) is 0.350. The zero-order chi connectivity index (χ0) is 23.3. The van der Waals surface area contributed by atoms with Crippen LogP contribution in [-0.4, -0.2) is 73.3 Å². The summed E-state index contributed by atoms with van der Waals surface area (Å²) in [7, 11) is -0.613. The molecule has 0 amide bonds. The Balaban J connectivity index is 1.60. The van der Waals surface area contributed by atoms with Crippen molar-refractivity contribution in [2.45, 2.75) is 18.9 Å². The third kappa shape index (κ3) is 3.48. The van der Waals surface area contributed by atoms with Gasteiger partial charge in [-0.3, -0.25) is 4.57 Å². The van der Waals surface area contributed by atoms with Crippen LogP contribution in [0.4, 0.5) is 0 Å². The van der Waals surface area contributed by atoms with Crippen molar-refractivity contribution in [2.75, 3.05) is 27.2 Å². The van der Waals surface area contributed by atoms with E-state index in [1.165, 1.54) is 33.5 Å². The highest BCUT2D eigenvalue weighted by Gasteiger charge is 2.32. The second-order valence-corrected chi connectivity index (χ2v) is 10.2. The Morgan fingerprint density at radius 2 is 2.12 bits per heavy atom. The van der Waals surface area contributed by atoms with Gasteiger partial charge in [-0.2, -0.15) is 27.4 Å². The molecule has 1 fully saturated rings. The average molecular weight is 468 g/mol. The van der Waals surface area contributed by atoms with Gasteiger partial charge in [0.05, 0.1) is 41.1 Å². The number of piperidine rings is 1. The molecule has 5 heterocycles. The summed E-state index contributed by atoms with van der Waals surface area (Å²) >= 11 is 0. The molecular formula is C20H21N9O3S. The minimum Gasteiger partial charge on any atom is -0.303 e. The number of fused-ring (bicyclic) bond motifs is 2. The van der Waals surface area contributed by atoms with Crippen molar-refractivity contribution in [1.29, 1.82) is 5.26 Å². The lowest BCUT2D eigenvalue weighted by atomic mass is 10.1. The highest BCUT2D eigenvalue weighted by Crippen LogP contribution is 2.27. The van der Waals surface area contributed by atoms with E-state index in [9.17, 15) is 18.5 Å². The molecule has 0 bridgehead atoms. The van der Waals surface area contributed by atoms with Crippen molar-refractivity contribution in [3.8, 4) is 17.5 Å². The van der Waals surface area contributed by atoms with Crippen LogP contribution in [0.2, 0.25) is 0 Å². The number of rotatable bonds is 4. The van der Waals surface area contributed by atoms with Gasteiger partial charge in [-0.15, -0.1) is 0 Å². The maximum Gasteiger partial charge on any atom is 0.328 e. The quantitative estimate of drug-likeness (QED) is 0.466. The third-order valence-electron chi connectivity index (χ3n) is 5.86. The monoisotopic (exact) mass is 467 g/mol. The summed E-state index contributed by atoms with van der Waals surface area (Å²) in [5.41, 5.74) is 2.26. The lowest BCUT2D eigenvalue weighted by Crippen LogP contribution is -2.46. The van der Waals surface area contributed by atoms with Gasteiger partial charge >= 0.3 is 5.69 Å². The topological polar surface area (TPSA) is 145 Å². The third-order valence-corrected chi connectivity index (χ3v) is 7.77. The zero-order valence-corrected chi connectivity index (χ0v) is 18.8. The van der Waals surface area contributed by atoms with E-state index in [0.29, 0.717) is 53.0 Å². The van der Waals surface area contributed by atoms with Gasteiger partial charge in [0.15, 0.2) is 11.5 Å². The predicted octanol–water partition coefficient (Wildman–Crippen LogP) is 0.749. The van der Waals surface area contributed by atoms with Crippen LogP contribution in [0.3, 0.4) is 0 Å². The van der Waals surface area contributed by atoms with E-state index in [1.807, 2.05) is 0 Å². The lowest BCUT2D eigenvalue weighted by molar-refractivity contribution is 0.255. The van der Waals surface area contributed by atoms with Crippen molar-refractivity contribution in [1.82, 2.24) is 37.7 Å². The molecule has 1 atom stereocenters. The smallest absolute Gasteiger partial charge is 0.303 e. The molecule has 13 heteroatoms. The van der Waals surface area contributed by atoms with Gasteiger partial charge in [-0.25, -0.2) is 19.3 Å². The van der Waals surface area contributed by atoms with Crippen LogP contribution < -0.4 is 5.69 Å². The Hall–Kier alpha value is -3.60. The molecule has 33 heavy (non-hydrogen) atoms. The molecule has 0 radical (unpaired) electrons. The standard InChI is InChI=1S/C20H21N9O3S/c1-26(2)33(31,32)27-6-3-4-14(12-27)29-19-16(24-20(29)30)11-22-18(25-19)15-10-23-28-7-5-13(9-21)8-17(15)28/h5,7-8,10-11,14H,3-4,6,12H2,1-2H3,(H,24,30). The van der Waals surface area contributed by atoms with E-state index in [0.717, 1.165) is 0 Å². The first-order valence-electron chi connectivity index (χ1n) is 10.3. The number of H-pyrrole nitrogens is 1. The van der Waals surface area contributed by atoms with E-state index in [1.54, 1.807) is 29.0 Å². The highest BCUT2D eigenvalue weighted by molar-refractivity contribution is 7.86. The summed E-state index contributed by atoms with van der Waals surface area (Å²) in [6.07, 6.45) is 6.10. The predicted molar refractivity (Wildman–Crippen MR) is 120 cm³/mol. The average Bonchev–Trinajstić information content (AvgIpc) is 3.38. The van der Waals surface area contributed by atoms with Crippen LogP contribution >= 0.6 is 0 Å². The zero-order valence-electron chi connectivity index (χ0n) is 18.0. The molecule has 1 unspecified atom stereocenters. The number of aromatic nitrogens is 6. The van der Waals surface area contributed by atoms with Gasteiger partial charge in [0.25, 0.3) is 10.2 Å². The summed E-state index contributed by atoms with van der Waals surface area (Å²) in [4.78, 5) is 24.6. The SMILES string of the molecule is CN(C)S(=O)(=O)N1CCCC(n2c(=O)[nH]c3cnc(-c4cnn5ccc(C#N)cc45)nc32)C1. The molecule has 5 rings (SSSR count). The highest BCUT2D eigenvalue weighted by atomic mass is 32.2. The summed E-state index contributed by atoms with van der Waals surface area (Å²) in [6, 6.07) is 5.10. The van der Waals surface area contributed by atoms with Crippen LogP contribution in [0.25, 0.3) is 28.1 Å². The largest absolute Gasteiger partial charge is 0.328 e. The van der Waals surface area contributed by atoms with Crippen molar-refractivity contribution in [3.63, 3.8) is 0 Å². The first kappa shape index (κ1) is 21.3. The van der Waals surface area contributed by atoms with Crippen molar-refractivity contribution < 1.29 is 8.42 Å². The number of nitrogens with one attached hydrogen (secondary N) is 1.